The van der Waals surface area contributed by atoms with Gasteiger partial charge in [-0.05, 0) is 24.1 Å². The van der Waals surface area contributed by atoms with Crippen molar-refractivity contribution in [1.29, 1.82) is 0 Å². The standard InChI is InChI=1S/C19H22N2/c1-3-8-18-16(4-2)17-13-20-12-11-19(17)21(18)14-15-9-6-5-7-10-15/h3-10,20H,1,11-14H2,2H3/b16-4-,18-8+. The largest absolute Gasteiger partial charge is 0.340 e. The van der Waals surface area contributed by atoms with Gasteiger partial charge in [0.05, 0.1) is 0 Å². The topological polar surface area (TPSA) is 17.0 Å². The molecule has 0 bridgehead atoms. The number of benzene rings is 1. The average molecular weight is 278 g/mol. The smallest absolute Gasteiger partial charge is 0.0485 e. The maximum atomic E-state index is 3.89. The van der Waals surface area contributed by atoms with Crippen molar-refractivity contribution in [3.05, 3.63) is 70.4 Å². The molecule has 2 heteroatoms. The SMILES string of the molecule is C=C/C=c1\c(=C/C)c2c(n1Cc1ccccc1)CCNC2. The highest BCUT2D eigenvalue weighted by molar-refractivity contribution is 5.43. The van der Waals surface area contributed by atoms with Crippen molar-refractivity contribution < 1.29 is 0 Å². The van der Waals surface area contributed by atoms with Crippen molar-refractivity contribution in [3.63, 3.8) is 0 Å². The second-order valence-electron chi connectivity index (χ2n) is 5.41. The summed E-state index contributed by atoms with van der Waals surface area (Å²) >= 11 is 0. The van der Waals surface area contributed by atoms with Crippen molar-refractivity contribution in [2.45, 2.75) is 26.4 Å². The zero-order chi connectivity index (χ0) is 14.7. The number of hydrogen-bond acceptors (Lipinski definition) is 1. The first-order valence-corrected chi connectivity index (χ1v) is 7.59. The lowest BCUT2D eigenvalue weighted by Crippen LogP contribution is -2.31. The third-order valence-electron chi connectivity index (χ3n) is 4.15. The molecule has 0 atom stereocenters. The van der Waals surface area contributed by atoms with Crippen LogP contribution >= 0.6 is 0 Å². The van der Waals surface area contributed by atoms with E-state index < -0.39 is 0 Å². The first kappa shape index (κ1) is 13.9. The molecule has 1 aromatic carbocycles. The van der Waals surface area contributed by atoms with E-state index in [4.69, 9.17) is 0 Å². The Hall–Kier alpha value is -2.06. The zero-order valence-electron chi connectivity index (χ0n) is 12.6. The van der Waals surface area contributed by atoms with Crippen molar-refractivity contribution in [2.75, 3.05) is 6.54 Å². The summed E-state index contributed by atoms with van der Waals surface area (Å²) in [6, 6.07) is 10.7. The molecule has 2 heterocycles. The Bertz CT molecular complexity index is 751. The molecule has 0 spiro atoms. The van der Waals surface area contributed by atoms with Crippen LogP contribution < -0.4 is 15.9 Å². The van der Waals surface area contributed by atoms with Crippen molar-refractivity contribution in [2.24, 2.45) is 0 Å². The van der Waals surface area contributed by atoms with Crippen LogP contribution in [-0.4, -0.2) is 11.1 Å². The van der Waals surface area contributed by atoms with E-state index >= 15 is 0 Å². The highest BCUT2D eigenvalue weighted by Crippen LogP contribution is 2.11. The molecule has 1 aliphatic heterocycles. The van der Waals surface area contributed by atoms with Gasteiger partial charge in [0.2, 0.25) is 0 Å². The second kappa shape index (κ2) is 6.15. The summed E-state index contributed by atoms with van der Waals surface area (Å²) in [4.78, 5) is 0. The van der Waals surface area contributed by atoms with Gasteiger partial charge < -0.3 is 9.88 Å². The van der Waals surface area contributed by atoms with Gasteiger partial charge in [-0.15, -0.1) is 0 Å². The van der Waals surface area contributed by atoms with E-state index in [9.17, 15) is 0 Å². The molecule has 0 unspecified atom stereocenters. The van der Waals surface area contributed by atoms with Gasteiger partial charge in [0.15, 0.2) is 0 Å². The number of fused-ring (bicyclic) bond motifs is 1. The lowest BCUT2D eigenvalue weighted by Gasteiger charge is -2.17. The predicted octanol–water partition coefficient (Wildman–Crippen LogP) is 1.95. The zero-order valence-corrected chi connectivity index (χ0v) is 12.6. The molecule has 0 amide bonds. The third kappa shape index (κ3) is 2.59. The minimum Gasteiger partial charge on any atom is -0.340 e. The molecule has 2 aromatic rings. The minimum atomic E-state index is 0.927. The molecule has 3 rings (SSSR count). The number of allylic oxidation sites excluding steroid dienone is 1. The van der Waals surface area contributed by atoms with E-state index in [1.165, 1.54) is 27.4 Å². The molecule has 0 radical (unpaired) electrons. The Kier molecular flexibility index (Phi) is 4.07. The fourth-order valence-electron chi connectivity index (χ4n) is 3.23. The molecule has 1 aromatic heterocycles. The summed E-state index contributed by atoms with van der Waals surface area (Å²) in [6.45, 7) is 8.96. The van der Waals surface area contributed by atoms with E-state index in [1.807, 2.05) is 6.08 Å². The Balaban J connectivity index is 2.21. The number of aromatic nitrogens is 1. The molecule has 108 valence electrons. The molecule has 1 N–H and O–H groups in total. The fraction of sp³-hybridized carbons (Fsp3) is 0.263. The molecule has 0 saturated heterocycles. The second-order valence-corrected chi connectivity index (χ2v) is 5.41. The molecule has 0 saturated carbocycles. The quantitative estimate of drug-likeness (QED) is 0.908. The van der Waals surface area contributed by atoms with Crippen LogP contribution in [0.3, 0.4) is 0 Å². The summed E-state index contributed by atoms with van der Waals surface area (Å²) < 4.78 is 2.46. The molecule has 2 nitrogen and oxygen atoms in total. The Morgan fingerprint density at radius 3 is 2.81 bits per heavy atom. The highest BCUT2D eigenvalue weighted by Gasteiger charge is 2.17. The van der Waals surface area contributed by atoms with Crippen LogP contribution in [0.15, 0.2) is 43.0 Å². The van der Waals surface area contributed by atoms with Crippen molar-refractivity contribution >= 4 is 12.2 Å². The van der Waals surface area contributed by atoms with E-state index in [0.29, 0.717) is 0 Å². The van der Waals surface area contributed by atoms with Crippen LogP contribution in [0.1, 0.15) is 23.7 Å². The van der Waals surface area contributed by atoms with Crippen LogP contribution in [0.2, 0.25) is 0 Å². The maximum Gasteiger partial charge on any atom is 0.0485 e. The van der Waals surface area contributed by atoms with Crippen molar-refractivity contribution in [3.8, 4) is 0 Å². The number of nitrogens with zero attached hydrogens (tertiary/aromatic N) is 1. The van der Waals surface area contributed by atoms with E-state index in [1.54, 1.807) is 0 Å². The fourth-order valence-corrected chi connectivity index (χ4v) is 3.23. The molecule has 1 aliphatic rings. The van der Waals surface area contributed by atoms with Gasteiger partial charge in [0, 0.05) is 42.3 Å². The summed E-state index contributed by atoms with van der Waals surface area (Å²) in [6.07, 6.45) is 7.34. The highest BCUT2D eigenvalue weighted by atomic mass is 15.0. The van der Waals surface area contributed by atoms with Crippen LogP contribution in [0.5, 0.6) is 0 Å². The minimum absolute atomic E-state index is 0.927. The van der Waals surface area contributed by atoms with Crippen LogP contribution in [0.25, 0.3) is 12.2 Å². The predicted molar refractivity (Wildman–Crippen MR) is 89.4 cm³/mol. The average Bonchev–Trinajstić information content (AvgIpc) is 2.82. The van der Waals surface area contributed by atoms with Gasteiger partial charge in [-0.1, -0.05) is 49.1 Å². The Labute approximate surface area is 126 Å². The third-order valence-corrected chi connectivity index (χ3v) is 4.15. The van der Waals surface area contributed by atoms with E-state index in [0.717, 1.165) is 26.1 Å². The van der Waals surface area contributed by atoms with E-state index in [2.05, 4.69) is 65.9 Å². The van der Waals surface area contributed by atoms with Crippen LogP contribution in [0, 0.1) is 0 Å². The molecule has 0 aliphatic carbocycles. The summed E-state index contributed by atoms with van der Waals surface area (Å²) in [5.41, 5.74) is 4.27. The van der Waals surface area contributed by atoms with Gasteiger partial charge in [-0.3, -0.25) is 0 Å². The number of hydrogen-bond donors (Lipinski definition) is 1. The molecule has 21 heavy (non-hydrogen) atoms. The molecular weight excluding hydrogens is 256 g/mol. The summed E-state index contributed by atoms with van der Waals surface area (Å²) in [5, 5.41) is 6.13. The van der Waals surface area contributed by atoms with Gasteiger partial charge >= 0.3 is 0 Å². The van der Waals surface area contributed by atoms with Crippen molar-refractivity contribution in [1.82, 2.24) is 9.88 Å². The van der Waals surface area contributed by atoms with Gasteiger partial charge in [0.25, 0.3) is 0 Å². The monoisotopic (exact) mass is 278 g/mol. The Morgan fingerprint density at radius 2 is 2.10 bits per heavy atom. The van der Waals surface area contributed by atoms with Gasteiger partial charge in [0.1, 0.15) is 0 Å². The lowest BCUT2D eigenvalue weighted by molar-refractivity contribution is 0.603. The van der Waals surface area contributed by atoms with Gasteiger partial charge in [-0.25, -0.2) is 0 Å². The maximum absolute atomic E-state index is 3.89. The molecule has 0 fully saturated rings. The van der Waals surface area contributed by atoms with E-state index in [-0.39, 0.29) is 0 Å². The molecular formula is C19H22N2. The van der Waals surface area contributed by atoms with Crippen LogP contribution in [0.4, 0.5) is 0 Å². The summed E-state index contributed by atoms with van der Waals surface area (Å²) in [7, 11) is 0. The first-order valence-electron chi connectivity index (χ1n) is 7.59. The first-order chi connectivity index (χ1) is 10.3. The van der Waals surface area contributed by atoms with Gasteiger partial charge in [-0.2, -0.15) is 0 Å². The lowest BCUT2D eigenvalue weighted by atomic mass is 10.1. The van der Waals surface area contributed by atoms with Crippen LogP contribution in [-0.2, 0) is 19.5 Å². The summed E-state index contributed by atoms with van der Waals surface area (Å²) in [5.74, 6) is 0. The normalized spacial score (nSPS) is 16.0. The number of rotatable bonds is 3. The Morgan fingerprint density at radius 1 is 1.29 bits per heavy atom. The number of nitrogens with one attached hydrogen (secondary N) is 1.